The second kappa shape index (κ2) is 13.5. The number of benzene rings is 3. The molecule has 0 aromatic heterocycles. The van der Waals surface area contributed by atoms with Gasteiger partial charge < -0.3 is 19.7 Å². The molecule has 0 bridgehead atoms. The van der Waals surface area contributed by atoms with Crippen LogP contribution in [0, 0.1) is 0 Å². The summed E-state index contributed by atoms with van der Waals surface area (Å²) in [7, 11) is -3.34. The predicted octanol–water partition coefficient (Wildman–Crippen LogP) is 6.03. The second-order valence-electron chi connectivity index (χ2n) is 10.2. The number of halogens is 6. The first kappa shape index (κ1) is 33.1. The van der Waals surface area contributed by atoms with Crippen LogP contribution in [0.3, 0.4) is 0 Å². The third kappa shape index (κ3) is 8.88. The molecular formula is C30H30F6N2O5S. The second-order valence-corrected chi connectivity index (χ2v) is 12.5. The van der Waals surface area contributed by atoms with Crippen LogP contribution in [0.5, 0.6) is 5.75 Å². The molecule has 238 valence electrons. The molecule has 2 atom stereocenters. The van der Waals surface area contributed by atoms with Gasteiger partial charge in [0.25, 0.3) is 5.91 Å². The fraction of sp³-hybridized carbons (Fsp3) is 0.367. The molecule has 1 N–H and O–H groups in total. The molecule has 1 saturated heterocycles. The Morgan fingerprint density at radius 2 is 1.57 bits per heavy atom. The topological polar surface area (TPSA) is 84.9 Å². The highest BCUT2D eigenvalue weighted by Gasteiger charge is 2.36. The van der Waals surface area contributed by atoms with Crippen LogP contribution in [0.2, 0.25) is 0 Å². The Balaban J connectivity index is 1.40. The molecule has 1 fully saturated rings. The lowest BCUT2D eigenvalue weighted by molar-refractivity contribution is -0.174. The minimum Gasteiger partial charge on any atom is -0.489 e. The van der Waals surface area contributed by atoms with Crippen molar-refractivity contribution in [2.45, 2.75) is 49.3 Å². The number of sulfone groups is 1. The van der Waals surface area contributed by atoms with Crippen molar-refractivity contribution >= 4 is 21.4 Å². The molecule has 14 heteroatoms. The summed E-state index contributed by atoms with van der Waals surface area (Å²) in [6.45, 7) is 0.220. The molecule has 7 nitrogen and oxygen atoms in total. The monoisotopic (exact) mass is 644 g/mol. The zero-order valence-corrected chi connectivity index (χ0v) is 24.3. The molecule has 4 rings (SSSR count). The lowest BCUT2D eigenvalue weighted by Gasteiger charge is -2.26. The fourth-order valence-electron chi connectivity index (χ4n) is 4.73. The van der Waals surface area contributed by atoms with E-state index < -0.39 is 52.4 Å². The number of alkyl halides is 6. The van der Waals surface area contributed by atoms with E-state index in [4.69, 9.17) is 9.47 Å². The number of rotatable bonds is 11. The summed E-state index contributed by atoms with van der Waals surface area (Å²) in [5.74, 6) is -0.227. The summed E-state index contributed by atoms with van der Waals surface area (Å²) in [5.41, 5.74) is 0.776. The molecule has 1 amide bonds. The summed E-state index contributed by atoms with van der Waals surface area (Å²) >= 11 is 0. The normalized spacial score (nSPS) is 17.5. The molecule has 0 unspecified atom stereocenters. The molecule has 3 aromatic carbocycles. The van der Waals surface area contributed by atoms with Gasteiger partial charge in [-0.1, -0.05) is 19.1 Å². The van der Waals surface area contributed by atoms with Gasteiger partial charge in [0.15, 0.2) is 9.84 Å². The zero-order valence-electron chi connectivity index (χ0n) is 23.5. The smallest absolute Gasteiger partial charge is 0.416 e. The van der Waals surface area contributed by atoms with Crippen LogP contribution < -0.4 is 15.0 Å². The van der Waals surface area contributed by atoms with E-state index in [1.54, 1.807) is 48.2 Å². The van der Waals surface area contributed by atoms with E-state index in [1.807, 2.05) is 0 Å². The van der Waals surface area contributed by atoms with E-state index in [0.29, 0.717) is 16.8 Å². The Hall–Kier alpha value is -3.78. The summed E-state index contributed by atoms with van der Waals surface area (Å²) in [4.78, 5) is 14.7. The zero-order chi connectivity index (χ0) is 32.1. The van der Waals surface area contributed by atoms with E-state index in [2.05, 4.69) is 5.32 Å². The molecule has 0 saturated carbocycles. The minimum atomic E-state index is -4.51. The van der Waals surface area contributed by atoms with Crippen LogP contribution in [0.4, 0.5) is 32.0 Å². The van der Waals surface area contributed by atoms with Gasteiger partial charge in [0.05, 0.1) is 35.4 Å². The number of hydrogen-bond acceptors (Lipinski definition) is 6. The van der Waals surface area contributed by atoms with Crippen LogP contribution in [0.15, 0.2) is 77.7 Å². The van der Waals surface area contributed by atoms with E-state index in [0.717, 1.165) is 12.1 Å². The van der Waals surface area contributed by atoms with Crippen molar-refractivity contribution in [1.29, 1.82) is 0 Å². The SMILES string of the molecule is CCS(=O)(=O)c1ccc(CNC(=O)c2ccc(N3C[C@H](Oc4ccc(C(F)(F)F)cc4)C[C@H]3COCC(F)(F)F)cc2)cc1. The predicted molar refractivity (Wildman–Crippen MR) is 150 cm³/mol. The van der Waals surface area contributed by atoms with Gasteiger partial charge in [-0.3, -0.25) is 4.79 Å². The molecule has 1 aliphatic heterocycles. The lowest BCUT2D eigenvalue weighted by Crippen LogP contribution is -2.34. The van der Waals surface area contributed by atoms with Crippen molar-refractivity contribution in [3.63, 3.8) is 0 Å². The van der Waals surface area contributed by atoms with E-state index in [1.165, 1.54) is 24.3 Å². The largest absolute Gasteiger partial charge is 0.489 e. The quantitative estimate of drug-likeness (QED) is 0.257. The first-order valence-corrected chi connectivity index (χ1v) is 15.2. The van der Waals surface area contributed by atoms with Gasteiger partial charge in [0, 0.05) is 24.2 Å². The average molecular weight is 645 g/mol. The van der Waals surface area contributed by atoms with Crippen LogP contribution in [-0.2, 0) is 27.3 Å². The maximum absolute atomic E-state index is 12.9. The highest BCUT2D eigenvalue weighted by atomic mass is 32.2. The summed E-state index contributed by atoms with van der Waals surface area (Å²) in [6.07, 6.45) is -9.31. The van der Waals surface area contributed by atoms with Crippen LogP contribution in [0.1, 0.15) is 34.8 Å². The van der Waals surface area contributed by atoms with Gasteiger partial charge in [0.1, 0.15) is 18.5 Å². The van der Waals surface area contributed by atoms with Crippen molar-refractivity contribution < 1.29 is 49.0 Å². The molecule has 0 aliphatic carbocycles. The Bertz CT molecular complexity index is 1510. The molecule has 44 heavy (non-hydrogen) atoms. The maximum Gasteiger partial charge on any atom is 0.416 e. The third-order valence-electron chi connectivity index (χ3n) is 7.01. The van der Waals surface area contributed by atoms with Gasteiger partial charge in [-0.25, -0.2) is 8.42 Å². The van der Waals surface area contributed by atoms with E-state index in [-0.39, 0.29) is 42.5 Å². The number of nitrogens with zero attached hydrogens (tertiary/aromatic N) is 1. The highest BCUT2D eigenvalue weighted by Crippen LogP contribution is 2.32. The van der Waals surface area contributed by atoms with Gasteiger partial charge >= 0.3 is 12.4 Å². The highest BCUT2D eigenvalue weighted by molar-refractivity contribution is 7.91. The summed E-state index contributed by atoms with van der Waals surface area (Å²) in [6, 6.07) is 16.2. The fourth-order valence-corrected chi connectivity index (χ4v) is 5.61. The van der Waals surface area contributed by atoms with Crippen LogP contribution >= 0.6 is 0 Å². The van der Waals surface area contributed by atoms with E-state index in [9.17, 15) is 39.6 Å². The average Bonchev–Trinajstić information content (AvgIpc) is 3.37. The van der Waals surface area contributed by atoms with E-state index >= 15 is 0 Å². The maximum atomic E-state index is 12.9. The number of anilines is 1. The molecule has 1 heterocycles. The van der Waals surface area contributed by atoms with Gasteiger partial charge in [0.2, 0.25) is 0 Å². The van der Waals surface area contributed by atoms with Crippen LogP contribution in [-0.4, -0.2) is 58.2 Å². The molecule has 3 aromatic rings. The minimum absolute atomic E-state index is 0.0231. The number of hydrogen-bond donors (Lipinski definition) is 1. The lowest BCUT2D eigenvalue weighted by atomic mass is 10.1. The first-order valence-electron chi connectivity index (χ1n) is 13.6. The third-order valence-corrected chi connectivity index (χ3v) is 8.76. The van der Waals surface area contributed by atoms with Crippen molar-refractivity contribution in [1.82, 2.24) is 5.32 Å². The number of ether oxygens (including phenoxy) is 2. The van der Waals surface area contributed by atoms with Crippen molar-refractivity contribution in [3.05, 3.63) is 89.5 Å². The summed E-state index contributed by atoms with van der Waals surface area (Å²) < 4.78 is 111. The van der Waals surface area contributed by atoms with Gasteiger partial charge in [-0.2, -0.15) is 26.3 Å². The number of carbonyl (C=O) groups excluding carboxylic acids is 1. The Morgan fingerprint density at radius 3 is 2.14 bits per heavy atom. The van der Waals surface area contributed by atoms with Crippen molar-refractivity contribution in [3.8, 4) is 5.75 Å². The Kier molecular flexibility index (Phi) is 10.1. The molecule has 1 aliphatic rings. The van der Waals surface area contributed by atoms with Crippen molar-refractivity contribution in [2.75, 3.05) is 30.4 Å². The standard InChI is InChI=1S/C30H30F6N2O5S/c1-2-44(40,41)27-13-3-20(4-14-27)16-37-28(39)21-5-9-23(10-6-21)38-17-26(15-24(38)18-42-19-29(31,32)33)43-25-11-7-22(8-12-25)30(34,35)36/h3-14,24,26H,2,15-19H2,1H3,(H,37,39)/t24-,26+/m0/s1. The Morgan fingerprint density at radius 1 is 0.932 bits per heavy atom. The molecule has 0 spiro atoms. The number of amides is 1. The van der Waals surface area contributed by atoms with Crippen LogP contribution in [0.25, 0.3) is 0 Å². The van der Waals surface area contributed by atoms with Crippen molar-refractivity contribution in [2.24, 2.45) is 0 Å². The van der Waals surface area contributed by atoms with Gasteiger partial charge in [-0.05, 0) is 66.2 Å². The Labute approximate surface area is 250 Å². The number of carbonyl (C=O) groups is 1. The molecular weight excluding hydrogens is 614 g/mol. The first-order chi connectivity index (χ1) is 20.6. The number of nitrogens with one attached hydrogen (secondary N) is 1. The summed E-state index contributed by atoms with van der Waals surface area (Å²) in [5, 5.41) is 2.76. The van der Waals surface area contributed by atoms with Gasteiger partial charge in [-0.15, -0.1) is 0 Å². The molecule has 0 radical (unpaired) electrons.